The van der Waals surface area contributed by atoms with Gasteiger partial charge in [-0.15, -0.1) is 0 Å². The number of aromatic nitrogens is 1. The lowest BCUT2D eigenvalue weighted by Crippen LogP contribution is -2.30. The minimum absolute atomic E-state index is 0.0306. The molecule has 2 aromatic rings. The van der Waals surface area contributed by atoms with E-state index in [1.807, 2.05) is 31.1 Å². The molecule has 6 heteroatoms. The molecule has 2 rings (SSSR count). The number of carbonyl (C=O) groups is 2. The number of ketones is 1. The third-order valence-electron chi connectivity index (χ3n) is 3.83. The molecule has 0 aliphatic carbocycles. The Balaban J connectivity index is 1.94. The smallest absolute Gasteiger partial charge is 0.223 e. The van der Waals surface area contributed by atoms with E-state index in [2.05, 4.69) is 10.3 Å². The Bertz CT molecular complexity index is 762. The highest BCUT2D eigenvalue weighted by molar-refractivity contribution is 5.98. The van der Waals surface area contributed by atoms with Gasteiger partial charge in [-0.05, 0) is 18.2 Å². The quantitative estimate of drug-likeness (QED) is 0.785. The molecule has 1 N–H and O–H groups in total. The SMILES string of the molecule is C[C@@H](CC(=O)c1cccc(F)c1)C(=O)NCc1cccnc1N(C)C. The van der Waals surface area contributed by atoms with Crippen LogP contribution in [0.15, 0.2) is 42.6 Å². The van der Waals surface area contributed by atoms with Gasteiger partial charge in [-0.3, -0.25) is 9.59 Å². The molecule has 0 radical (unpaired) electrons. The van der Waals surface area contributed by atoms with Crippen molar-refractivity contribution in [2.45, 2.75) is 19.9 Å². The van der Waals surface area contributed by atoms with E-state index in [9.17, 15) is 14.0 Å². The van der Waals surface area contributed by atoms with Crippen molar-refractivity contribution in [2.75, 3.05) is 19.0 Å². The van der Waals surface area contributed by atoms with Crippen LogP contribution >= 0.6 is 0 Å². The van der Waals surface area contributed by atoms with Crippen molar-refractivity contribution in [1.82, 2.24) is 10.3 Å². The number of anilines is 1. The first kappa shape index (κ1) is 18.6. The van der Waals surface area contributed by atoms with E-state index in [1.54, 1.807) is 19.2 Å². The van der Waals surface area contributed by atoms with Crippen LogP contribution in [0, 0.1) is 11.7 Å². The van der Waals surface area contributed by atoms with Crippen LogP contribution in [0.4, 0.5) is 10.2 Å². The Morgan fingerprint density at radius 3 is 2.68 bits per heavy atom. The van der Waals surface area contributed by atoms with Crippen LogP contribution in [-0.2, 0) is 11.3 Å². The Morgan fingerprint density at radius 2 is 2.00 bits per heavy atom. The largest absolute Gasteiger partial charge is 0.362 e. The zero-order valence-electron chi connectivity index (χ0n) is 14.6. The third kappa shape index (κ3) is 5.11. The van der Waals surface area contributed by atoms with Crippen molar-refractivity contribution in [1.29, 1.82) is 0 Å². The van der Waals surface area contributed by atoms with E-state index < -0.39 is 11.7 Å². The third-order valence-corrected chi connectivity index (χ3v) is 3.83. The van der Waals surface area contributed by atoms with E-state index in [4.69, 9.17) is 0 Å². The number of pyridine rings is 1. The predicted octanol–water partition coefficient (Wildman–Crippen LogP) is 2.81. The number of nitrogens with one attached hydrogen (secondary N) is 1. The molecule has 5 nitrogen and oxygen atoms in total. The number of benzene rings is 1. The summed E-state index contributed by atoms with van der Waals surface area (Å²) in [7, 11) is 3.77. The first-order valence-corrected chi connectivity index (χ1v) is 8.06. The molecule has 25 heavy (non-hydrogen) atoms. The molecule has 1 aromatic heterocycles. The zero-order chi connectivity index (χ0) is 18.4. The highest BCUT2D eigenvalue weighted by Gasteiger charge is 2.18. The van der Waals surface area contributed by atoms with Crippen LogP contribution in [0.5, 0.6) is 0 Å². The number of carbonyl (C=O) groups excluding carboxylic acids is 2. The van der Waals surface area contributed by atoms with Crippen molar-refractivity contribution in [2.24, 2.45) is 5.92 Å². The van der Waals surface area contributed by atoms with E-state index >= 15 is 0 Å². The molecule has 1 aromatic carbocycles. The summed E-state index contributed by atoms with van der Waals surface area (Å²) in [5, 5.41) is 2.83. The van der Waals surface area contributed by atoms with Crippen LogP contribution in [-0.4, -0.2) is 30.8 Å². The molecule has 0 bridgehead atoms. The summed E-state index contributed by atoms with van der Waals surface area (Å²) in [4.78, 5) is 30.6. The number of nitrogens with zero attached hydrogens (tertiary/aromatic N) is 2. The van der Waals surface area contributed by atoms with Gasteiger partial charge in [0.2, 0.25) is 5.91 Å². The van der Waals surface area contributed by atoms with Crippen LogP contribution in [0.3, 0.4) is 0 Å². The average molecular weight is 343 g/mol. The average Bonchev–Trinajstić information content (AvgIpc) is 2.59. The summed E-state index contributed by atoms with van der Waals surface area (Å²) >= 11 is 0. The maximum absolute atomic E-state index is 13.2. The fourth-order valence-corrected chi connectivity index (χ4v) is 2.48. The normalized spacial score (nSPS) is 11.7. The van der Waals surface area contributed by atoms with Gasteiger partial charge in [-0.25, -0.2) is 9.37 Å². The number of rotatable bonds is 7. The van der Waals surface area contributed by atoms with Crippen LogP contribution in [0.25, 0.3) is 0 Å². The molecule has 132 valence electrons. The van der Waals surface area contributed by atoms with Crippen molar-refractivity contribution < 1.29 is 14.0 Å². The Kier molecular flexibility index (Phi) is 6.22. The van der Waals surface area contributed by atoms with E-state index in [1.165, 1.54) is 18.2 Å². The van der Waals surface area contributed by atoms with Crippen LogP contribution in [0.2, 0.25) is 0 Å². The molecule has 0 aliphatic heterocycles. The van der Waals surface area contributed by atoms with Gasteiger partial charge in [0.15, 0.2) is 5.78 Å². The van der Waals surface area contributed by atoms with Crippen LogP contribution in [0.1, 0.15) is 29.3 Å². The topological polar surface area (TPSA) is 62.3 Å². The molecule has 1 atom stereocenters. The highest BCUT2D eigenvalue weighted by atomic mass is 19.1. The predicted molar refractivity (Wildman–Crippen MR) is 94.9 cm³/mol. The van der Waals surface area contributed by atoms with Gasteiger partial charge < -0.3 is 10.2 Å². The summed E-state index contributed by atoms with van der Waals surface area (Å²) in [6.07, 6.45) is 1.73. The second-order valence-electron chi connectivity index (χ2n) is 6.14. The standard InChI is InChI=1S/C19H22FN3O2/c1-13(10-17(24)14-6-4-8-16(20)11-14)19(25)22-12-15-7-5-9-21-18(15)23(2)3/h4-9,11,13H,10,12H2,1-3H3,(H,22,25)/t13-/m0/s1. The Morgan fingerprint density at radius 1 is 1.24 bits per heavy atom. The van der Waals surface area contributed by atoms with E-state index in [0.717, 1.165) is 11.4 Å². The van der Waals surface area contributed by atoms with Gasteiger partial charge in [-0.2, -0.15) is 0 Å². The number of hydrogen-bond donors (Lipinski definition) is 1. The summed E-state index contributed by atoms with van der Waals surface area (Å²) in [6, 6.07) is 9.21. The van der Waals surface area contributed by atoms with Crippen molar-refractivity contribution in [3.63, 3.8) is 0 Å². The fraction of sp³-hybridized carbons (Fsp3) is 0.316. The first-order valence-electron chi connectivity index (χ1n) is 8.06. The first-order chi connectivity index (χ1) is 11.9. The molecule has 0 fully saturated rings. The molecule has 1 amide bonds. The molecule has 0 aliphatic rings. The number of halogens is 1. The van der Waals surface area contributed by atoms with Gasteiger partial charge in [0, 0.05) is 50.3 Å². The van der Waals surface area contributed by atoms with E-state index in [-0.39, 0.29) is 23.7 Å². The zero-order valence-corrected chi connectivity index (χ0v) is 14.6. The van der Waals surface area contributed by atoms with Crippen molar-refractivity contribution in [3.8, 4) is 0 Å². The van der Waals surface area contributed by atoms with Crippen molar-refractivity contribution >= 4 is 17.5 Å². The maximum atomic E-state index is 13.2. The number of Topliss-reactive ketones (excluding diaryl/α,β-unsaturated/α-hetero) is 1. The fourth-order valence-electron chi connectivity index (χ4n) is 2.48. The number of hydrogen-bond acceptors (Lipinski definition) is 4. The summed E-state index contributed by atoms with van der Waals surface area (Å²) < 4.78 is 13.2. The molecular weight excluding hydrogens is 321 g/mol. The lowest BCUT2D eigenvalue weighted by atomic mass is 9.99. The summed E-state index contributed by atoms with van der Waals surface area (Å²) in [6.45, 7) is 2.02. The molecule has 0 spiro atoms. The van der Waals surface area contributed by atoms with E-state index in [0.29, 0.717) is 6.54 Å². The maximum Gasteiger partial charge on any atom is 0.223 e. The molecular formula is C19H22FN3O2. The molecule has 1 heterocycles. The molecule has 0 unspecified atom stereocenters. The van der Waals surface area contributed by atoms with Crippen molar-refractivity contribution in [3.05, 3.63) is 59.5 Å². The minimum Gasteiger partial charge on any atom is -0.362 e. The second-order valence-corrected chi connectivity index (χ2v) is 6.14. The lowest BCUT2D eigenvalue weighted by Gasteiger charge is -2.17. The summed E-state index contributed by atoms with van der Waals surface area (Å²) in [5.41, 5.74) is 1.17. The lowest BCUT2D eigenvalue weighted by molar-refractivity contribution is -0.124. The van der Waals surface area contributed by atoms with Gasteiger partial charge in [0.1, 0.15) is 11.6 Å². The van der Waals surface area contributed by atoms with Gasteiger partial charge in [0.05, 0.1) is 0 Å². The van der Waals surface area contributed by atoms with Gasteiger partial charge in [0.25, 0.3) is 0 Å². The van der Waals surface area contributed by atoms with Gasteiger partial charge in [-0.1, -0.05) is 25.1 Å². The Hall–Kier alpha value is -2.76. The monoisotopic (exact) mass is 343 g/mol. The molecule has 0 saturated carbocycles. The summed E-state index contributed by atoms with van der Waals surface area (Å²) in [5.74, 6) is -0.659. The van der Waals surface area contributed by atoms with Gasteiger partial charge >= 0.3 is 0 Å². The van der Waals surface area contributed by atoms with Crippen LogP contribution < -0.4 is 10.2 Å². The minimum atomic E-state index is -0.504. The number of amides is 1. The Labute approximate surface area is 146 Å². The molecule has 0 saturated heterocycles. The highest BCUT2D eigenvalue weighted by Crippen LogP contribution is 2.15. The second kappa shape index (κ2) is 8.37.